The first-order valence-electron chi connectivity index (χ1n) is 3.63. The topological polar surface area (TPSA) is 98.0 Å². The molecule has 0 spiro atoms. The van der Waals surface area contributed by atoms with Crippen molar-refractivity contribution in [2.45, 2.75) is 5.85 Å². The maximum Gasteiger partial charge on any atom is 0.374 e. The summed E-state index contributed by atoms with van der Waals surface area (Å²) in [6.07, 6.45) is 0. The molecule has 0 heterocycles. The Hall–Kier alpha value is -1.89. The largest absolute Gasteiger partial charge is 0.504 e. The molecule has 0 aliphatic carbocycles. The van der Waals surface area contributed by atoms with Crippen LogP contribution in [0.3, 0.4) is 0 Å². The van der Waals surface area contributed by atoms with Gasteiger partial charge in [-0.05, 0) is 12.1 Å². The summed E-state index contributed by atoms with van der Waals surface area (Å²) in [6, 6.07) is 0.676. The van der Waals surface area contributed by atoms with Crippen LogP contribution in [-0.4, -0.2) is 26.4 Å². The molecule has 0 aromatic heterocycles. The molecular weight excluding hydrogens is 214 g/mol. The molecule has 4 N–H and O–H groups in total. The Morgan fingerprint density at radius 1 is 1.33 bits per heavy atom. The molecular formula is C8H6F2O5. The quantitative estimate of drug-likeness (QED) is 0.542. The van der Waals surface area contributed by atoms with Crippen LogP contribution < -0.4 is 0 Å². The van der Waals surface area contributed by atoms with Gasteiger partial charge in [0.15, 0.2) is 17.3 Å². The van der Waals surface area contributed by atoms with E-state index in [1.807, 2.05) is 0 Å². The number of aliphatic hydroxyl groups is 1. The highest BCUT2D eigenvalue weighted by Crippen LogP contribution is 2.34. The lowest BCUT2D eigenvalue weighted by molar-refractivity contribution is -0.182. The monoisotopic (exact) mass is 220 g/mol. The number of halogens is 2. The molecule has 0 fully saturated rings. The van der Waals surface area contributed by atoms with E-state index in [0.717, 1.165) is 0 Å². The summed E-state index contributed by atoms with van der Waals surface area (Å²) < 4.78 is 25.8. The van der Waals surface area contributed by atoms with Crippen LogP contribution in [0.25, 0.3) is 0 Å². The first kappa shape index (κ1) is 11.2. The van der Waals surface area contributed by atoms with E-state index >= 15 is 0 Å². The summed E-state index contributed by atoms with van der Waals surface area (Å²) in [6.45, 7) is 0. The van der Waals surface area contributed by atoms with Crippen molar-refractivity contribution >= 4 is 5.97 Å². The minimum absolute atomic E-state index is 0.267. The highest BCUT2D eigenvalue weighted by atomic mass is 19.2. The lowest BCUT2D eigenvalue weighted by atomic mass is 10.1. The van der Waals surface area contributed by atoms with Gasteiger partial charge in [-0.3, -0.25) is 0 Å². The van der Waals surface area contributed by atoms with Crippen molar-refractivity contribution in [3.8, 4) is 11.5 Å². The Kier molecular flexibility index (Phi) is 2.50. The molecule has 0 aliphatic heterocycles. The SMILES string of the molecule is O=C(O)C(O)(F)c1cc(O)c(O)c(F)c1. The van der Waals surface area contributed by atoms with E-state index in [4.69, 9.17) is 20.4 Å². The molecule has 15 heavy (non-hydrogen) atoms. The van der Waals surface area contributed by atoms with Crippen molar-refractivity contribution in [1.82, 2.24) is 0 Å². The van der Waals surface area contributed by atoms with Crippen LogP contribution in [0.2, 0.25) is 0 Å². The van der Waals surface area contributed by atoms with Gasteiger partial charge in [0.25, 0.3) is 0 Å². The average Bonchev–Trinajstić information content (AvgIpc) is 2.13. The van der Waals surface area contributed by atoms with Crippen molar-refractivity contribution in [3.63, 3.8) is 0 Å². The Bertz CT molecular complexity index is 392. The third-order valence-electron chi connectivity index (χ3n) is 1.71. The number of rotatable bonds is 2. The minimum Gasteiger partial charge on any atom is -0.504 e. The van der Waals surface area contributed by atoms with E-state index in [0.29, 0.717) is 6.07 Å². The molecule has 7 heteroatoms. The third-order valence-corrected chi connectivity index (χ3v) is 1.71. The molecule has 1 rings (SSSR count). The second-order valence-corrected chi connectivity index (χ2v) is 2.75. The van der Waals surface area contributed by atoms with Gasteiger partial charge in [0, 0.05) is 5.56 Å². The van der Waals surface area contributed by atoms with Gasteiger partial charge in [0.05, 0.1) is 0 Å². The van der Waals surface area contributed by atoms with Crippen molar-refractivity contribution in [3.05, 3.63) is 23.5 Å². The summed E-state index contributed by atoms with van der Waals surface area (Å²) in [7, 11) is 0. The highest BCUT2D eigenvalue weighted by molar-refractivity contribution is 5.77. The van der Waals surface area contributed by atoms with Gasteiger partial charge in [-0.2, -0.15) is 4.39 Å². The van der Waals surface area contributed by atoms with Gasteiger partial charge in [0.2, 0.25) is 0 Å². The van der Waals surface area contributed by atoms with Gasteiger partial charge in [-0.1, -0.05) is 0 Å². The van der Waals surface area contributed by atoms with Crippen LogP contribution in [0.1, 0.15) is 5.56 Å². The number of carboxylic acid groups (broad SMARTS) is 1. The molecule has 1 aromatic carbocycles. The zero-order valence-corrected chi connectivity index (χ0v) is 7.11. The average molecular weight is 220 g/mol. The standard InChI is InChI=1S/C8H6F2O5/c9-4-1-3(2-5(11)6(4)12)8(10,15)7(13)14/h1-2,11-12,15H,(H,13,14). The maximum absolute atomic E-state index is 13.0. The van der Waals surface area contributed by atoms with E-state index in [1.165, 1.54) is 0 Å². The zero-order chi connectivity index (χ0) is 11.8. The summed E-state index contributed by atoms with van der Waals surface area (Å²) in [4.78, 5) is 10.2. The predicted octanol–water partition coefficient (Wildman–Crippen LogP) is 0.436. The van der Waals surface area contributed by atoms with E-state index in [2.05, 4.69) is 0 Å². The first-order valence-corrected chi connectivity index (χ1v) is 3.63. The van der Waals surface area contributed by atoms with E-state index in [9.17, 15) is 13.6 Å². The van der Waals surface area contributed by atoms with Gasteiger partial charge in [-0.25, -0.2) is 9.18 Å². The van der Waals surface area contributed by atoms with Gasteiger partial charge >= 0.3 is 11.8 Å². The number of carboxylic acids is 1. The molecule has 1 atom stereocenters. The number of aliphatic carboxylic acids is 1. The van der Waals surface area contributed by atoms with E-state index in [-0.39, 0.29) is 6.07 Å². The fourth-order valence-corrected chi connectivity index (χ4v) is 0.899. The fraction of sp³-hybridized carbons (Fsp3) is 0.125. The lowest BCUT2D eigenvalue weighted by Gasteiger charge is -2.14. The van der Waals surface area contributed by atoms with Crippen molar-refractivity contribution in [1.29, 1.82) is 0 Å². The second kappa shape index (κ2) is 3.35. The highest BCUT2D eigenvalue weighted by Gasteiger charge is 2.39. The smallest absolute Gasteiger partial charge is 0.374 e. The number of aromatic hydroxyl groups is 2. The molecule has 0 radical (unpaired) electrons. The molecule has 0 bridgehead atoms. The number of alkyl halides is 1. The van der Waals surface area contributed by atoms with Crippen LogP contribution in [0.5, 0.6) is 11.5 Å². The van der Waals surface area contributed by atoms with Crippen LogP contribution in [0.15, 0.2) is 12.1 Å². The summed E-state index contributed by atoms with van der Waals surface area (Å²) in [5, 5.41) is 34.7. The molecule has 5 nitrogen and oxygen atoms in total. The number of carbonyl (C=O) groups is 1. The second-order valence-electron chi connectivity index (χ2n) is 2.75. The normalized spacial score (nSPS) is 14.6. The van der Waals surface area contributed by atoms with Crippen LogP contribution in [0.4, 0.5) is 8.78 Å². The zero-order valence-electron chi connectivity index (χ0n) is 7.11. The number of phenols is 2. The Morgan fingerprint density at radius 2 is 1.87 bits per heavy atom. The molecule has 0 aliphatic rings. The lowest BCUT2D eigenvalue weighted by Crippen LogP contribution is -2.30. The molecule has 1 aromatic rings. The number of hydrogen-bond acceptors (Lipinski definition) is 4. The minimum atomic E-state index is -3.83. The fourth-order valence-electron chi connectivity index (χ4n) is 0.899. The van der Waals surface area contributed by atoms with Gasteiger partial charge in [0.1, 0.15) is 0 Å². The Labute approximate surface area is 81.8 Å². The number of phenolic OH excluding ortho intramolecular Hbond substituents is 2. The molecule has 0 saturated carbocycles. The predicted molar refractivity (Wildman–Crippen MR) is 42.4 cm³/mol. The van der Waals surface area contributed by atoms with Crippen LogP contribution >= 0.6 is 0 Å². The molecule has 0 saturated heterocycles. The van der Waals surface area contributed by atoms with Crippen LogP contribution in [0, 0.1) is 5.82 Å². The van der Waals surface area contributed by atoms with E-state index < -0.39 is 34.7 Å². The van der Waals surface area contributed by atoms with Crippen molar-refractivity contribution in [2.24, 2.45) is 0 Å². The van der Waals surface area contributed by atoms with Gasteiger partial charge in [-0.15, -0.1) is 0 Å². The van der Waals surface area contributed by atoms with Crippen LogP contribution in [-0.2, 0) is 10.6 Å². The van der Waals surface area contributed by atoms with Crippen molar-refractivity contribution in [2.75, 3.05) is 0 Å². The first-order chi connectivity index (χ1) is 6.76. The number of benzene rings is 1. The van der Waals surface area contributed by atoms with Gasteiger partial charge < -0.3 is 20.4 Å². The summed E-state index contributed by atoms with van der Waals surface area (Å²) >= 11 is 0. The molecule has 82 valence electrons. The Morgan fingerprint density at radius 3 is 2.27 bits per heavy atom. The molecule has 1 unspecified atom stereocenters. The summed E-state index contributed by atoms with van der Waals surface area (Å²) in [5.41, 5.74) is -1.03. The third kappa shape index (κ3) is 1.82. The van der Waals surface area contributed by atoms with Crippen molar-refractivity contribution < 1.29 is 34.0 Å². The van der Waals surface area contributed by atoms with E-state index in [1.54, 1.807) is 0 Å². The molecule has 0 amide bonds. The maximum atomic E-state index is 13.0. The Balaban J connectivity index is 3.34. The summed E-state index contributed by atoms with van der Waals surface area (Å²) in [5.74, 6) is -9.75. The number of hydrogen-bond donors (Lipinski definition) is 4.